The third-order valence-electron chi connectivity index (χ3n) is 3.54. The zero-order chi connectivity index (χ0) is 10.7. The molecule has 0 aromatic rings. The molecule has 0 aromatic carbocycles. The minimum atomic E-state index is -0.311. The van der Waals surface area contributed by atoms with Crippen LogP contribution in [0.1, 0.15) is 19.8 Å². The van der Waals surface area contributed by atoms with Crippen LogP contribution in [0, 0.1) is 0 Å². The first-order valence-electron chi connectivity index (χ1n) is 6.04. The Morgan fingerprint density at radius 3 is 2.60 bits per heavy atom. The smallest absolute Gasteiger partial charge is 0.0948 e. The van der Waals surface area contributed by atoms with Gasteiger partial charge in [-0.25, -0.2) is 0 Å². The Morgan fingerprint density at radius 2 is 2.07 bits per heavy atom. The standard InChI is InChI=1S/C11H22N2O2/c1-2-13-5-3-9(4-6-13)12-10-7-15-8-11(10)14/h9-12,14H,2-8H2,1H3. The summed E-state index contributed by atoms with van der Waals surface area (Å²) in [5.41, 5.74) is 0. The molecule has 15 heavy (non-hydrogen) atoms. The van der Waals surface area contributed by atoms with Crippen LogP contribution >= 0.6 is 0 Å². The fourth-order valence-electron chi connectivity index (χ4n) is 2.42. The molecule has 2 aliphatic rings. The number of aliphatic hydroxyl groups is 1. The van der Waals surface area contributed by atoms with Gasteiger partial charge in [0, 0.05) is 6.04 Å². The van der Waals surface area contributed by atoms with Crippen LogP contribution in [0.15, 0.2) is 0 Å². The molecule has 2 aliphatic heterocycles. The highest BCUT2D eigenvalue weighted by Crippen LogP contribution is 2.13. The Balaban J connectivity index is 1.72. The molecule has 0 aromatic heterocycles. The molecule has 2 fully saturated rings. The van der Waals surface area contributed by atoms with Crippen LogP contribution in [0.3, 0.4) is 0 Å². The van der Waals surface area contributed by atoms with Crippen LogP contribution < -0.4 is 5.32 Å². The molecule has 88 valence electrons. The van der Waals surface area contributed by atoms with E-state index in [9.17, 15) is 5.11 Å². The summed E-state index contributed by atoms with van der Waals surface area (Å²) in [6.07, 6.45) is 2.07. The van der Waals surface area contributed by atoms with Gasteiger partial charge in [0.2, 0.25) is 0 Å². The van der Waals surface area contributed by atoms with Crippen molar-refractivity contribution in [1.29, 1.82) is 0 Å². The Labute approximate surface area is 91.6 Å². The van der Waals surface area contributed by atoms with Crippen LogP contribution in [0.4, 0.5) is 0 Å². The van der Waals surface area contributed by atoms with Crippen molar-refractivity contribution in [2.45, 2.75) is 38.0 Å². The Kier molecular flexibility index (Phi) is 3.97. The average Bonchev–Trinajstić information content (AvgIpc) is 2.66. The van der Waals surface area contributed by atoms with Crippen LogP contribution in [-0.2, 0) is 4.74 Å². The van der Waals surface area contributed by atoms with Crippen molar-refractivity contribution in [2.75, 3.05) is 32.8 Å². The third kappa shape index (κ3) is 2.91. The van der Waals surface area contributed by atoms with Crippen molar-refractivity contribution in [3.8, 4) is 0 Å². The summed E-state index contributed by atoms with van der Waals surface area (Å²) in [6.45, 7) is 6.88. The summed E-state index contributed by atoms with van der Waals surface area (Å²) in [5.74, 6) is 0. The first kappa shape index (κ1) is 11.3. The number of ether oxygens (including phenoxy) is 1. The van der Waals surface area contributed by atoms with Gasteiger partial charge >= 0.3 is 0 Å². The van der Waals surface area contributed by atoms with Crippen molar-refractivity contribution < 1.29 is 9.84 Å². The van der Waals surface area contributed by atoms with E-state index in [2.05, 4.69) is 17.1 Å². The van der Waals surface area contributed by atoms with Crippen LogP contribution in [-0.4, -0.2) is 61.0 Å². The third-order valence-corrected chi connectivity index (χ3v) is 3.54. The van der Waals surface area contributed by atoms with Gasteiger partial charge in [0.05, 0.1) is 25.4 Å². The summed E-state index contributed by atoms with van der Waals surface area (Å²) in [4.78, 5) is 2.47. The van der Waals surface area contributed by atoms with Crippen molar-refractivity contribution in [3.63, 3.8) is 0 Å². The molecule has 2 atom stereocenters. The molecule has 2 unspecified atom stereocenters. The lowest BCUT2D eigenvalue weighted by atomic mass is 10.0. The van der Waals surface area contributed by atoms with Gasteiger partial charge in [0.15, 0.2) is 0 Å². The topological polar surface area (TPSA) is 44.7 Å². The van der Waals surface area contributed by atoms with Gasteiger partial charge < -0.3 is 20.1 Å². The molecule has 0 amide bonds. The fourth-order valence-corrected chi connectivity index (χ4v) is 2.42. The monoisotopic (exact) mass is 214 g/mol. The maximum atomic E-state index is 9.62. The van der Waals surface area contributed by atoms with Crippen molar-refractivity contribution >= 4 is 0 Å². The molecule has 2 rings (SSSR count). The second-order valence-electron chi connectivity index (χ2n) is 4.59. The second kappa shape index (κ2) is 5.25. The maximum Gasteiger partial charge on any atom is 0.0948 e. The average molecular weight is 214 g/mol. The molecule has 2 saturated heterocycles. The van der Waals surface area contributed by atoms with E-state index in [4.69, 9.17) is 4.74 Å². The molecule has 0 radical (unpaired) electrons. The van der Waals surface area contributed by atoms with Crippen LogP contribution in [0.2, 0.25) is 0 Å². The number of rotatable bonds is 3. The summed E-state index contributed by atoms with van der Waals surface area (Å²) >= 11 is 0. The first-order chi connectivity index (χ1) is 7.29. The summed E-state index contributed by atoms with van der Waals surface area (Å²) < 4.78 is 5.23. The highest BCUT2D eigenvalue weighted by Gasteiger charge is 2.29. The molecule has 2 heterocycles. The summed E-state index contributed by atoms with van der Waals surface area (Å²) in [5, 5.41) is 13.1. The zero-order valence-electron chi connectivity index (χ0n) is 9.48. The minimum Gasteiger partial charge on any atom is -0.389 e. The van der Waals surface area contributed by atoms with Gasteiger partial charge in [-0.15, -0.1) is 0 Å². The molecule has 4 heteroatoms. The van der Waals surface area contributed by atoms with Gasteiger partial charge in [0.1, 0.15) is 0 Å². The number of hydrogen-bond donors (Lipinski definition) is 2. The van der Waals surface area contributed by atoms with Crippen molar-refractivity contribution in [3.05, 3.63) is 0 Å². The normalized spacial score (nSPS) is 34.8. The van der Waals surface area contributed by atoms with E-state index in [1.807, 2.05) is 0 Å². The van der Waals surface area contributed by atoms with E-state index in [0.717, 1.165) is 6.54 Å². The van der Waals surface area contributed by atoms with E-state index < -0.39 is 0 Å². The lowest BCUT2D eigenvalue weighted by molar-refractivity contribution is 0.118. The zero-order valence-corrected chi connectivity index (χ0v) is 9.48. The van der Waals surface area contributed by atoms with Gasteiger partial charge in [-0.05, 0) is 32.5 Å². The number of nitrogens with zero attached hydrogens (tertiary/aromatic N) is 1. The van der Waals surface area contributed by atoms with E-state index in [-0.39, 0.29) is 12.1 Å². The van der Waals surface area contributed by atoms with Crippen molar-refractivity contribution in [1.82, 2.24) is 10.2 Å². The fraction of sp³-hybridized carbons (Fsp3) is 1.00. The lowest BCUT2D eigenvalue weighted by Gasteiger charge is -2.33. The molecular formula is C11H22N2O2. The summed E-state index contributed by atoms with van der Waals surface area (Å²) in [6, 6.07) is 0.720. The number of hydrogen-bond acceptors (Lipinski definition) is 4. The summed E-state index contributed by atoms with van der Waals surface area (Å²) in [7, 11) is 0. The van der Waals surface area contributed by atoms with E-state index >= 15 is 0 Å². The molecular weight excluding hydrogens is 192 g/mol. The predicted octanol–water partition coefficient (Wildman–Crippen LogP) is -0.180. The van der Waals surface area contributed by atoms with Gasteiger partial charge in [-0.2, -0.15) is 0 Å². The minimum absolute atomic E-state index is 0.156. The van der Waals surface area contributed by atoms with Gasteiger partial charge in [0.25, 0.3) is 0 Å². The highest BCUT2D eigenvalue weighted by molar-refractivity contribution is 4.86. The second-order valence-corrected chi connectivity index (χ2v) is 4.59. The Bertz CT molecular complexity index is 193. The molecule has 0 aliphatic carbocycles. The Morgan fingerprint density at radius 1 is 1.33 bits per heavy atom. The van der Waals surface area contributed by atoms with E-state index in [1.165, 1.54) is 25.9 Å². The van der Waals surface area contributed by atoms with E-state index in [0.29, 0.717) is 19.3 Å². The van der Waals surface area contributed by atoms with Gasteiger partial charge in [-0.3, -0.25) is 0 Å². The maximum absolute atomic E-state index is 9.62. The lowest BCUT2D eigenvalue weighted by Crippen LogP contribution is -2.49. The number of piperidine rings is 1. The predicted molar refractivity (Wildman–Crippen MR) is 58.9 cm³/mol. The molecule has 4 nitrogen and oxygen atoms in total. The Hall–Kier alpha value is -0.160. The first-order valence-corrected chi connectivity index (χ1v) is 6.04. The van der Waals surface area contributed by atoms with Crippen molar-refractivity contribution in [2.24, 2.45) is 0 Å². The van der Waals surface area contributed by atoms with E-state index in [1.54, 1.807) is 0 Å². The number of nitrogens with one attached hydrogen (secondary N) is 1. The largest absolute Gasteiger partial charge is 0.389 e. The van der Waals surface area contributed by atoms with Crippen LogP contribution in [0.5, 0.6) is 0 Å². The molecule has 0 saturated carbocycles. The molecule has 0 spiro atoms. The molecule has 2 N–H and O–H groups in total. The SMILES string of the molecule is CCN1CCC(NC2COCC2O)CC1. The highest BCUT2D eigenvalue weighted by atomic mass is 16.5. The van der Waals surface area contributed by atoms with Crippen LogP contribution in [0.25, 0.3) is 0 Å². The number of aliphatic hydroxyl groups excluding tert-OH is 1. The quantitative estimate of drug-likeness (QED) is 0.684. The molecule has 0 bridgehead atoms. The number of likely N-dealkylation sites (tertiary alicyclic amines) is 1. The van der Waals surface area contributed by atoms with Gasteiger partial charge in [-0.1, -0.05) is 6.92 Å².